The van der Waals surface area contributed by atoms with Gasteiger partial charge in [-0.2, -0.15) is 0 Å². The van der Waals surface area contributed by atoms with Crippen LogP contribution in [0.4, 0.5) is 16.2 Å². The highest BCUT2D eigenvalue weighted by molar-refractivity contribution is 5.89. The van der Waals surface area contributed by atoms with Crippen molar-refractivity contribution in [1.29, 1.82) is 0 Å². The number of unbranched alkanes of at least 4 members (excludes halogenated alkanes) is 1. The summed E-state index contributed by atoms with van der Waals surface area (Å²) in [6.45, 7) is 2.53. The standard InChI is InChI=1S/C14H23N3O3/c1-19-10-11-20-9-3-2-8-16-14(18)17-13-6-4-12(15)5-7-13/h4-7H,2-3,8-11,15H2,1H3,(H2,16,17,18). The average Bonchev–Trinajstić information content (AvgIpc) is 2.44. The molecule has 1 aromatic rings. The first-order chi connectivity index (χ1) is 9.72. The van der Waals surface area contributed by atoms with Crippen molar-refractivity contribution in [2.45, 2.75) is 12.8 Å². The van der Waals surface area contributed by atoms with E-state index >= 15 is 0 Å². The third kappa shape index (κ3) is 7.60. The summed E-state index contributed by atoms with van der Waals surface area (Å²) in [7, 11) is 1.65. The molecule has 4 N–H and O–H groups in total. The smallest absolute Gasteiger partial charge is 0.319 e. The SMILES string of the molecule is COCCOCCCCNC(=O)Nc1ccc(N)cc1. The van der Waals surface area contributed by atoms with Gasteiger partial charge in [-0.1, -0.05) is 0 Å². The average molecular weight is 281 g/mol. The Hall–Kier alpha value is -1.79. The zero-order chi connectivity index (χ0) is 14.6. The fourth-order valence-corrected chi connectivity index (χ4v) is 1.52. The lowest BCUT2D eigenvalue weighted by atomic mass is 10.3. The van der Waals surface area contributed by atoms with Crippen LogP contribution in [0.2, 0.25) is 0 Å². The van der Waals surface area contributed by atoms with Crippen molar-refractivity contribution in [3.63, 3.8) is 0 Å². The molecule has 0 aliphatic rings. The van der Waals surface area contributed by atoms with Gasteiger partial charge in [-0.25, -0.2) is 4.79 Å². The Morgan fingerprint density at radius 3 is 2.60 bits per heavy atom. The van der Waals surface area contributed by atoms with Gasteiger partial charge < -0.3 is 25.8 Å². The number of carbonyl (C=O) groups excluding carboxylic acids is 1. The number of carbonyl (C=O) groups is 1. The van der Waals surface area contributed by atoms with Crippen LogP contribution in [0.1, 0.15) is 12.8 Å². The second-order valence-corrected chi connectivity index (χ2v) is 4.32. The lowest BCUT2D eigenvalue weighted by Crippen LogP contribution is -2.29. The van der Waals surface area contributed by atoms with Crippen molar-refractivity contribution in [1.82, 2.24) is 5.32 Å². The van der Waals surface area contributed by atoms with E-state index in [4.69, 9.17) is 15.2 Å². The first-order valence-electron chi connectivity index (χ1n) is 6.69. The Kier molecular flexibility index (Phi) is 8.17. The van der Waals surface area contributed by atoms with E-state index in [-0.39, 0.29) is 6.03 Å². The molecule has 0 heterocycles. The number of benzene rings is 1. The van der Waals surface area contributed by atoms with Crippen molar-refractivity contribution >= 4 is 17.4 Å². The predicted molar refractivity (Wildman–Crippen MR) is 79.8 cm³/mol. The molecule has 6 heteroatoms. The van der Waals surface area contributed by atoms with Crippen molar-refractivity contribution in [2.24, 2.45) is 0 Å². The van der Waals surface area contributed by atoms with Gasteiger partial charge in [0.05, 0.1) is 13.2 Å². The quantitative estimate of drug-likeness (QED) is 0.476. The fraction of sp³-hybridized carbons (Fsp3) is 0.500. The second kappa shape index (κ2) is 10.1. The first kappa shape index (κ1) is 16.3. The molecular weight excluding hydrogens is 258 g/mol. The van der Waals surface area contributed by atoms with Crippen LogP contribution in [-0.4, -0.2) is 39.5 Å². The molecule has 0 aromatic heterocycles. The zero-order valence-corrected chi connectivity index (χ0v) is 11.9. The van der Waals surface area contributed by atoms with Crippen molar-refractivity contribution < 1.29 is 14.3 Å². The van der Waals surface area contributed by atoms with Crippen LogP contribution in [0.25, 0.3) is 0 Å². The minimum atomic E-state index is -0.213. The molecule has 2 amide bonds. The molecule has 1 rings (SSSR count). The molecule has 112 valence electrons. The molecule has 1 aromatic carbocycles. The second-order valence-electron chi connectivity index (χ2n) is 4.32. The molecule has 20 heavy (non-hydrogen) atoms. The number of urea groups is 1. The molecule has 0 unspecified atom stereocenters. The van der Waals surface area contributed by atoms with E-state index in [1.165, 1.54) is 0 Å². The summed E-state index contributed by atoms with van der Waals surface area (Å²) >= 11 is 0. The van der Waals surface area contributed by atoms with Gasteiger partial charge in [0.25, 0.3) is 0 Å². The van der Waals surface area contributed by atoms with E-state index in [1.807, 2.05) is 0 Å². The molecule has 6 nitrogen and oxygen atoms in total. The minimum Gasteiger partial charge on any atom is -0.399 e. The fourth-order valence-electron chi connectivity index (χ4n) is 1.52. The number of amides is 2. The van der Waals surface area contributed by atoms with Crippen LogP contribution in [0.15, 0.2) is 24.3 Å². The number of nitrogen functional groups attached to an aromatic ring is 1. The van der Waals surface area contributed by atoms with Gasteiger partial charge in [-0.3, -0.25) is 0 Å². The molecule has 0 saturated carbocycles. The van der Waals surface area contributed by atoms with E-state index in [9.17, 15) is 4.79 Å². The van der Waals surface area contributed by atoms with Crippen LogP contribution in [0.5, 0.6) is 0 Å². The van der Waals surface area contributed by atoms with Crippen molar-refractivity contribution in [2.75, 3.05) is 44.5 Å². The molecule has 0 spiro atoms. The van der Waals surface area contributed by atoms with Crippen LogP contribution >= 0.6 is 0 Å². The lowest BCUT2D eigenvalue weighted by molar-refractivity contribution is 0.0689. The maximum atomic E-state index is 11.6. The van der Waals surface area contributed by atoms with E-state index in [0.717, 1.165) is 18.5 Å². The van der Waals surface area contributed by atoms with Crippen LogP contribution in [-0.2, 0) is 9.47 Å². The highest BCUT2D eigenvalue weighted by atomic mass is 16.5. The summed E-state index contributed by atoms with van der Waals surface area (Å²) in [5, 5.41) is 5.52. The number of hydrogen-bond donors (Lipinski definition) is 3. The number of ether oxygens (including phenoxy) is 2. The van der Waals surface area contributed by atoms with E-state index in [0.29, 0.717) is 32.1 Å². The van der Waals surface area contributed by atoms with E-state index < -0.39 is 0 Å². The minimum absolute atomic E-state index is 0.213. The number of nitrogens with two attached hydrogens (primary N) is 1. The summed E-state index contributed by atoms with van der Waals surface area (Å²) in [6.07, 6.45) is 1.79. The number of hydrogen-bond acceptors (Lipinski definition) is 4. The maximum Gasteiger partial charge on any atom is 0.319 e. The Balaban J connectivity index is 2.01. The van der Waals surface area contributed by atoms with Crippen molar-refractivity contribution in [3.8, 4) is 0 Å². The summed E-state index contributed by atoms with van der Waals surface area (Å²) < 4.78 is 10.2. The van der Waals surface area contributed by atoms with Gasteiger partial charge >= 0.3 is 6.03 Å². The molecule has 0 aliphatic heterocycles. The summed E-state index contributed by atoms with van der Waals surface area (Å²) in [4.78, 5) is 11.6. The predicted octanol–water partition coefficient (Wildman–Crippen LogP) is 1.83. The van der Waals surface area contributed by atoms with Gasteiger partial charge in [-0.05, 0) is 37.1 Å². The number of rotatable bonds is 9. The Morgan fingerprint density at radius 1 is 1.15 bits per heavy atom. The summed E-state index contributed by atoms with van der Waals surface area (Å²) in [5.41, 5.74) is 6.96. The van der Waals surface area contributed by atoms with Crippen LogP contribution in [0.3, 0.4) is 0 Å². The number of anilines is 2. The zero-order valence-electron chi connectivity index (χ0n) is 11.9. The molecular formula is C14H23N3O3. The molecule has 0 aliphatic carbocycles. The molecule has 0 saturated heterocycles. The summed E-state index contributed by atoms with van der Waals surface area (Å²) in [5.74, 6) is 0. The van der Waals surface area contributed by atoms with E-state index in [2.05, 4.69) is 10.6 Å². The first-order valence-corrected chi connectivity index (χ1v) is 6.69. The van der Waals surface area contributed by atoms with Gasteiger partial charge in [-0.15, -0.1) is 0 Å². The van der Waals surface area contributed by atoms with E-state index in [1.54, 1.807) is 31.4 Å². The highest BCUT2D eigenvalue weighted by Crippen LogP contribution is 2.09. The maximum absolute atomic E-state index is 11.6. The van der Waals surface area contributed by atoms with Gasteiger partial charge in [0.1, 0.15) is 0 Å². The Labute approximate surface area is 119 Å². The molecule has 0 radical (unpaired) electrons. The lowest BCUT2D eigenvalue weighted by Gasteiger charge is -2.08. The normalized spacial score (nSPS) is 10.2. The van der Waals surface area contributed by atoms with Gasteiger partial charge in [0, 0.05) is 31.6 Å². The summed E-state index contributed by atoms with van der Waals surface area (Å²) in [6, 6.07) is 6.80. The Bertz CT molecular complexity index is 382. The Morgan fingerprint density at radius 2 is 1.90 bits per heavy atom. The number of methoxy groups -OCH3 is 1. The molecule has 0 fully saturated rings. The third-order valence-corrected chi connectivity index (χ3v) is 2.60. The topological polar surface area (TPSA) is 85.6 Å². The van der Waals surface area contributed by atoms with Crippen molar-refractivity contribution in [3.05, 3.63) is 24.3 Å². The van der Waals surface area contributed by atoms with Crippen LogP contribution < -0.4 is 16.4 Å². The largest absolute Gasteiger partial charge is 0.399 e. The monoisotopic (exact) mass is 281 g/mol. The van der Waals surface area contributed by atoms with Gasteiger partial charge in [0.15, 0.2) is 0 Å². The third-order valence-electron chi connectivity index (χ3n) is 2.60. The molecule has 0 atom stereocenters. The van der Waals surface area contributed by atoms with Crippen LogP contribution in [0, 0.1) is 0 Å². The van der Waals surface area contributed by atoms with Gasteiger partial charge in [0.2, 0.25) is 0 Å². The number of nitrogens with one attached hydrogen (secondary N) is 2. The highest BCUT2D eigenvalue weighted by Gasteiger charge is 2.00. The molecule has 0 bridgehead atoms.